The van der Waals surface area contributed by atoms with Crippen LogP contribution in [-0.2, 0) is 0 Å². The van der Waals surface area contributed by atoms with Crippen LogP contribution in [0.1, 0.15) is 28.9 Å². The lowest BCUT2D eigenvalue weighted by atomic mass is 10.1. The first-order chi connectivity index (χ1) is 9.88. The van der Waals surface area contributed by atoms with Gasteiger partial charge in [-0.15, -0.1) is 0 Å². The second-order valence-electron chi connectivity index (χ2n) is 4.60. The number of anilines is 1. The highest BCUT2D eigenvalue weighted by molar-refractivity contribution is 6.42. The Hall–Kier alpha value is -1.42. The van der Waals surface area contributed by atoms with E-state index in [1.54, 1.807) is 30.3 Å². The minimum absolute atomic E-state index is 0.0262. The van der Waals surface area contributed by atoms with Gasteiger partial charge in [0.2, 0.25) is 5.91 Å². The van der Waals surface area contributed by atoms with Gasteiger partial charge in [-0.2, -0.15) is 0 Å². The quantitative estimate of drug-likeness (QED) is 0.828. The highest BCUT2D eigenvalue weighted by atomic mass is 35.5. The van der Waals surface area contributed by atoms with Gasteiger partial charge in [0.1, 0.15) is 0 Å². The van der Waals surface area contributed by atoms with Crippen molar-refractivity contribution in [1.29, 1.82) is 0 Å². The van der Waals surface area contributed by atoms with E-state index in [4.69, 9.17) is 40.5 Å². The molecule has 1 unspecified atom stereocenters. The van der Waals surface area contributed by atoms with Crippen molar-refractivity contribution in [2.24, 2.45) is 5.73 Å². The van der Waals surface area contributed by atoms with E-state index in [2.05, 4.69) is 5.32 Å². The lowest BCUT2D eigenvalue weighted by molar-refractivity contribution is 0.100. The Balaban J connectivity index is 2.23. The number of hydrogen-bond acceptors (Lipinski definition) is 2. The third-order valence-corrected chi connectivity index (χ3v) is 4.13. The van der Waals surface area contributed by atoms with Crippen molar-refractivity contribution in [1.82, 2.24) is 0 Å². The summed E-state index contributed by atoms with van der Waals surface area (Å²) in [5, 5.41) is 4.59. The van der Waals surface area contributed by atoms with Gasteiger partial charge in [-0.1, -0.05) is 40.9 Å². The van der Waals surface area contributed by atoms with Crippen molar-refractivity contribution in [3.05, 3.63) is 62.6 Å². The average Bonchev–Trinajstić information content (AvgIpc) is 2.43. The summed E-state index contributed by atoms with van der Waals surface area (Å²) >= 11 is 17.8. The predicted molar refractivity (Wildman–Crippen MR) is 88.5 cm³/mol. The van der Waals surface area contributed by atoms with Crippen molar-refractivity contribution in [3.8, 4) is 0 Å². The van der Waals surface area contributed by atoms with Crippen molar-refractivity contribution in [2.45, 2.75) is 13.0 Å². The number of rotatable bonds is 4. The van der Waals surface area contributed by atoms with E-state index in [0.717, 1.165) is 11.3 Å². The maximum atomic E-state index is 11.3. The van der Waals surface area contributed by atoms with Gasteiger partial charge in [0.15, 0.2) is 0 Å². The topological polar surface area (TPSA) is 55.1 Å². The van der Waals surface area contributed by atoms with Crippen LogP contribution in [0.4, 0.5) is 5.69 Å². The molecule has 0 aliphatic rings. The van der Waals surface area contributed by atoms with E-state index in [0.29, 0.717) is 15.1 Å². The number of amides is 1. The lowest BCUT2D eigenvalue weighted by Gasteiger charge is -2.17. The number of primary amides is 1. The van der Waals surface area contributed by atoms with Crippen LogP contribution in [0.2, 0.25) is 15.1 Å². The molecule has 6 heteroatoms. The molecule has 0 fully saturated rings. The minimum atomic E-state index is -0.564. The SMILES string of the molecule is CC(Nc1ccc(Cl)c(C(N)=O)c1)c1ccc(Cl)c(Cl)c1. The van der Waals surface area contributed by atoms with Crippen molar-refractivity contribution in [2.75, 3.05) is 5.32 Å². The smallest absolute Gasteiger partial charge is 0.250 e. The highest BCUT2D eigenvalue weighted by Crippen LogP contribution is 2.28. The Morgan fingerprint density at radius 2 is 1.71 bits per heavy atom. The van der Waals surface area contributed by atoms with Crippen LogP contribution in [0.5, 0.6) is 0 Å². The van der Waals surface area contributed by atoms with Crippen molar-refractivity contribution < 1.29 is 4.79 Å². The van der Waals surface area contributed by atoms with Crippen LogP contribution in [0.25, 0.3) is 0 Å². The van der Waals surface area contributed by atoms with E-state index in [1.165, 1.54) is 0 Å². The standard InChI is InChI=1S/C15H13Cl3N2O/c1-8(9-2-4-13(17)14(18)6-9)20-10-3-5-12(16)11(7-10)15(19)21/h2-8,20H,1H3,(H2,19,21). The minimum Gasteiger partial charge on any atom is -0.378 e. The maximum absolute atomic E-state index is 11.3. The van der Waals surface area contributed by atoms with E-state index < -0.39 is 5.91 Å². The number of hydrogen-bond donors (Lipinski definition) is 2. The third-order valence-electron chi connectivity index (χ3n) is 3.06. The van der Waals surface area contributed by atoms with Crippen LogP contribution in [0, 0.1) is 0 Å². The molecule has 2 rings (SSSR count). The predicted octanol–water partition coefficient (Wildman–Crippen LogP) is 4.92. The molecule has 1 amide bonds. The second-order valence-corrected chi connectivity index (χ2v) is 5.82. The number of benzene rings is 2. The molecule has 3 nitrogen and oxygen atoms in total. The molecule has 110 valence electrons. The maximum Gasteiger partial charge on any atom is 0.250 e. The molecule has 0 saturated heterocycles. The van der Waals surface area contributed by atoms with Crippen LogP contribution < -0.4 is 11.1 Å². The van der Waals surface area contributed by atoms with E-state index in [1.807, 2.05) is 13.0 Å². The zero-order valence-corrected chi connectivity index (χ0v) is 13.4. The van der Waals surface area contributed by atoms with Crippen molar-refractivity contribution in [3.63, 3.8) is 0 Å². The van der Waals surface area contributed by atoms with E-state index in [9.17, 15) is 4.79 Å². The van der Waals surface area contributed by atoms with E-state index in [-0.39, 0.29) is 11.6 Å². The summed E-state index contributed by atoms with van der Waals surface area (Å²) in [6.45, 7) is 1.97. The Morgan fingerprint density at radius 3 is 2.33 bits per heavy atom. The van der Waals surface area contributed by atoms with Crippen LogP contribution >= 0.6 is 34.8 Å². The van der Waals surface area contributed by atoms with Gasteiger partial charge in [0.25, 0.3) is 0 Å². The number of nitrogens with one attached hydrogen (secondary N) is 1. The molecule has 2 aromatic rings. The zero-order valence-electron chi connectivity index (χ0n) is 11.2. The molecule has 21 heavy (non-hydrogen) atoms. The number of halogens is 3. The molecular weight excluding hydrogens is 331 g/mol. The molecule has 2 aromatic carbocycles. The Morgan fingerprint density at radius 1 is 1.05 bits per heavy atom. The van der Waals surface area contributed by atoms with Gasteiger partial charge in [-0.25, -0.2) is 0 Å². The van der Waals surface area contributed by atoms with Gasteiger partial charge in [0, 0.05) is 11.7 Å². The summed E-state index contributed by atoms with van der Waals surface area (Å²) in [6.07, 6.45) is 0. The molecule has 0 bridgehead atoms. The number of nitrogens with two attached hydrogens (primary N) is 1. The van der Waals surface area contributed by atoms with Gasteiger partial charge in [-0.3, -0.25) is 4.79 Å². The molecule has 0 aromatic heterocycles. The second kappa shape index (κ2) is 6.56. The molecule has 0 spiro atoms. The van der Waals surface area contributed by atoms with E-state index >= 15 is 0 Å². The normalized spacial score (nSPS) is 12.0. The molecule has 0 aliphatic carbocycles. The van der Waals surface area contributed by atoms with Gasteiger partial charge < -0.3 is 11.1 Å². The average molecular weight is 344 g/mol. The molecule has 3 N–H and O–H groups in total. The largest absolute Gasteiger partial charge is 0.378 e. The third kappa shape index (κ3) is 3.82. The molecule has 0 radical (unpaired) electrons. The fourth-order valence-electron chi connectivity index (χ4n) is 1.92. The van der Waals surface area contributed by atoms with Crippen LogP contribution in [0.3, 0.4) is 0 Å². The molecule has 0 aliphatic heterocycles. The Bertz CT molecular complexity index is 689. The molecule has 1 atom stereocenters. The molecule has 0 heterocycles. The van der Waals surface area contributed by atoms with Gasteiger partial charge in [0.05, 0.1) is 20.6 Å². The lowest BCUT2D eigenvalue weighted by Crippen LogP contribution is -2.13. The summed E-state index contributed by atoms with van der Waals surface area (Å²) in [4.78, 5) is 11.3. The number of carbonyl (C=O) groups excluding carboxylic acids is 1. The fourth-order valence-corrected chi connectivity index (χ4v) is 2.44. The summed E-state index contributed by atoms with van der Waals surface area (Å²) in [5.74, 6) is -0.564. The summed E-state index contributed by atoms with van der Waals surface area (Å²) in [6, 6.07) is 10.4. The zero-order chi connectivity index (χ0) is 15.6. The first-order valence-electron chi connectivity index (χ1n) is 6.19. The van der Waals surface area contributed by atoms with Crippen LogP contribution in [0.15, 0.2) is 36.4 Å². The van der Waals surface area contributed by atoms with Gasteiger partial charge in [-0.05, 0) is 42.8 Å². The first kappa shape index (κ1) is 16.0. The summed E-state index contributed by atoms with van der Waals surface area (Å²) in [7, 11) is 0. The summed E-state index contributed by atoms with van der Waals surface area (Å²) < 4.78 is 0. The van der Waals surface area contributed by atoms with Gasteiger partial charge >= 0.3 is 0 Å². The Kier molecular flexibility index (Phi) is 4.99. The fraction of sp³-hybridized carbons (Fsp3) is 0.133. The van der Waals surface area contributed by atoms with Crippen LogP contribution in [-0.4, -0.2) is 5.91 Å². The highest BCUT2D eigenvalue weighted by Gasteiger charge is 2.11. The Labute approximate surface area is 138 Å². The summed E-state index contributed by atoms with van der Waals surface area (Å²) in [5.41, 5.74) is 7.27. The molecule has 0 saturated carbocycles. The molecular formula is C15H13Cl3N2O. The first-order valence-corrected chi connectivity index (χ1v) is 7.32. The monoisotopic (exact) mass is 342 g/mol. The van der Waals surface area contributed by atoms with Crippen molar-refractivity contribution >= 4 is 46.4 Å². The number of carbonyl (C=O) groups is 1.